The highest BCUT2D eigenvalue weighted by Crippen LogP contribution is 2.25. The maximum absolute atomic E-state index is 12.8. The van der Waals surface area contributed by atoms with E-state index >= 15 is 0 Å². The lowest BCUT2D eigenvalue weighted by Crippen LogP contribution is -2.40. The molecule has 0 radical (unpaired) electrons. The fraction of sp³-hybridized carbons (Fsp3) is 0.296. The van der Waals surface area contributed by atoms with Crippen LogP contribution in [0.1, 0.15) is 34.3 Å². The Kier molecular flexibility index (Phi) is 7.42. The maximum Gasteiger partial charge on any atom is 0.255 e. The smallest absolute Gasteiger partial charge is 0.255 e. The van der Waals surface area contributed by atoms with Crippen LogP contribution in [0.15, 0.2) is 66.9 Å². The number of nitrogens with one attached hydrogen (secondary N) is 2. The minimum absolute atomic E-state index is 0.0151. The number of nitrogens with zero attached hydrogens (tertiary/aromatic N) is 2. The van der Waals surface area contributed by atoms with Gasteiger partial charge in [-0.3, -0.25) is 9.59 Å². The largest absolute Gasteiger partial charge is 0.495 e. The van der Waals surface area contributed by atoms with Gasteiger partial charge in [-0.25, -0.2) is 4.98 Å². The lowest BCUT2D eigenvalue weighted by atomic mass is 9.95. The summed E-state index contributed by atoms with van der Waals surface area (Å²) in [6.07, 6.45) is 3.14. The molecule has 0 saturated carbocycles. The molecule has 1 aliphatic heterocycles. The van der Waals surface area contributed by atoms with Crippen LogP contribution < -0.4 is 20.3 Å². The van der Waals surface area contributed by atoms with Crippen molar-refractivity contribution in [3.8, 4) is 5.75 Å². The van der Waals surface area contributed by atoms with E-state index in [1.165, 1.54) is 5.56 Å². The van der Waals surface area contributed by atoms with E-state index in [-0.39, 0.29) is 17.7 Å². The lowest BCUT2D eigenvalue weighted by molar-refractivity contribution is -0.125. The molecule has 2 heterocycles. The molecule has 7 heteroatoms. The highest BCUT2D eigenvalue weighted by Gasteiger charge is 2.26. The Hall–Kier alpha value is -3.87. The number of piperidine rings is 1. The highest BCUT2D eigenvalue weighted by atomic mass is 16.5. The van der Waals surface area contributed by atoms with Crippen LogP contribution in [0, 0.1) is 12.8 Å². The standard InChI is InChI=1S/C27H30N4O3/c1-19-7-9-20(10-8-19)18-29-26(32)21-12-15-31(16-13-21)25-17-22(11-14-28-25)27(33)30-23-5-3-4-6-24(23)34-2/h3-11,14,17,21H,12-13,15-16,18H2,1-2H3,(H,29,32)(H,30,33). The SMILES string of the molecule is COc1ccccc1NC(=O)c1ccnc(N2CCC(C(=O)NCc3ccc(C)cc3)CC2)c1. The minimum atomic E-state index is -0.224. The molecule has 176 valence electrons. The number of methoxy groups -OCH3 is 1. The number of aryl methyl sites for hydroxylation is 1. The number of carbonyl (C=O) groups is 2. The van der Waals surface area contributed by atoms with E-state index in [4.69, 9.17) is 4.74 Å². The van der Waals surface area contributed by atoms with Crippen LogP contribution in [0.4, 0.5) is 11.5 Å². The van der Waals surface area contributed by atoms with Crippen LogP contribution in [0.2, 0.25) is 0 Å². The monoisotopic (exact) mass is 458 g/mol. The second kappa shape index (κ2) is 10.8. The number of benzene rings is 2. The molecular formula is C27H30N4O3. The van der Waals surface area contributed by atoms with E-state index in [1.807, 2.05) is 31.2 Å². The van der Waals surface area contributed by atoms with Gasteiger partial charge in [0.2, 0.25) is 5.91 Å². The van der Waals surface area contributed by atoms with Crippen LogP contribution in [0.25, 0.3) is 0 Å². The Labute approximate surface area is 200 Å². The van der Waals surface area contributed by atoms with Crippen LogP contribution >= 0.6 is 0 Å². The van der Waals surface area contributed by atoms with E-state index in [0.717, 1.165) is 24.2 Å². The minimum Gasteiger partial charge on any atom is -0.495 e. The molecule has 3 aromatic rings. The van der Waals surface area contributed by atoms with E-state index in [1.54, 1.807) is 37.6 Å². The Morgan fingerprint density at radius 1 is 1.06 bits per heavy atom. The third-order valence-electron chi connectivity index (χ3n) is 6.14. The number of para-hydroxylation sites is 2. The summed E-state index contributed by atoms with van der Waals surface area (Å²) < 4.78 is 5.31. The zero-order valence-corrected chi connectivity index (χ0v) is 19.6. The summed E-state index contributed by atoms with van der Waals surface area (Å²) in [6, 6.07) is 19.0. The maximum atomic E-state index is 12.8. The molecule has 0 aliphatic carbocycles. The fourth-order valence-electron chi connectivity index (χ4n) is 4.09. The molecular weight excluding hydrogens is 428 g/mol. The summed E-state index contributed by atoms with van der Waals surface area (Å²) in [7, 11) is 1.57. The van der Waals surface area contributed by atoms with E-state index in [2.05, 4.69) is 32.7 Å². The summed E-state index contributed by atoms with van der Waals surface area (Å²) in [6.45, 7) is 4.03. The molecule has 0 spiro atoms. The predicted octanol–water partition coefficient (Wildman–Crippen LogP) is 4.18. The van der Waals surface area contributed by atoms with E-state index < -0.39 is 0 Å². The normalized spacial score (nSPS) is 13.9. The molecule has 7 nitrogen and oxygen atoms in total. The van der Waals surface area contributed by atoms with Gasteiger partial charge in [0.25, 0.3) is 5.91 Å². The molecule has 0 atom stereocenters. The van der Waals surface area contributed by atoms with Crippen molar-refractivity contribution in [1.82, 2.24) is 10.3 Å². The van der Waals surface area contributed by atoms with Gasteiger partial charge in [0.05, 0.1) is 12.8 Å². The molecule has 1 aromatic heterocycles. The number of aromatic nitrogens is 1. The van der Waals surface area contributed by atoms with E-state index in [0.29, 0.717) is 36.6 Å². The van der Waals surface area contributed by atoms with Gasteiger partial charge in [0.1, 0.15) is 11.6 Å². The van der Waals surface area contributed by atoms with Crippen molar-refractivity contribution >= 4 is 23.3 Å². The molecule has 2 N–H and O–H groups in total. The van der Waals surface area contributed by atoms with Gasteiger partial charge in [0, 0.05) is 37.3 Å². The molecule has 34 heavy (non-hydrogen) atoms. The quantitative estimate of drug-likeness (QED) is 0.555. The second-order valence-corrected chi connectivity index (χ2v) is 8.52. The third-order valence-corrected chi connectivity index (χ3v) is 6.14. The second-order valence-electron chi connectivity index (χ2n) is 8.52. The highest BCUT2D eigenvalue weighted by molar-refractivity contribution is 6.05. The van der Waals surface area contributed by atoms with Crippen molar-refractivity contribution < 1.29 is 14.3 Å². The average molecular weight is 459 g/mol. The summed E-state index contributed by atoms with van der Waals surface area (Å²) in [5, 5.41) is 5.96. The first-order valence-corrected chi connectivity index (χ1v) is 11.5. The zero-order chi connectivity index (χ0) is 23.9. The van der Waals surface area contributed by atoms with Gasteiger partial charge < -0.3 is 20.3 Å². The van der Waals surface area contributed by atoms with Crippen molar-refractivity contribution in [3.05, 3.63) is 83.6 Å². The van der Waals surface area contributed by atoms with Gasteiger partial charge in [-0.2, -0.15) is 0 Å². The molecule has 4 rings (SSSR count). The van der Waals surface area contributed by atoms with Crippen molar-refractivity contribution in [3.63, 3.8) is 0 Å². The Morgan fingerprint density at radius 2 is 1.79 bits per heavy atom. The predicted molar refractivity (Wildman–Crippen MR) is 133 cm³/mol. The van der Waals surface area contributed by atoms with Crippen molar-refractivity contribution in [2.24, 2.45) is 5.92 Å². The number of carbonyl (C=O) groups excluding carboxylic acids is 2. The first-order chi connectivity index (χ1) is 16.5. The van der Waals surface area contributed by atoms with Crippen molar-refractivity contribution in [2.45, 2.75) is 26.3 Å². The first-order valence-electron chi connectivity index (χ1n) is 11.5. The van der Waals surface area contributed by atoms with Crippen LogP contribution in [0.3, 0.4) is 0 Å². The van der Waals surface area contributed by atoms with E-state index in [9.17, 15) is 9.59 Å². The summed E-state index contributed by atoms with van der Waals surface area (Å²) >= 11 is 0. The Morgan fingerprint density at radius 3 is 2.53 bits per heavy atom. The summed E-state index contributed by atoms with van der Waals surface area (Å²) in [5.74, 6) is 1.20. The van der Waals surface area contributed by atoms with Gasteiger partial charge in [-0.05, 0) is 49.6 Å². The van der Waals surface area contributed by atoms with Gasteiger partial charge >= 0.3 is 0 Å². The Bertz CT molecular complexity index is 1140. The molecule has 2 aromatic carbocycles. The third kappa shape index (κ3) is 5.73. The number of pyridine rings is 1. The molecule has 0 unspecified atom stereocenters. The molecule has 2 amide bonds. The average Bonchev–Trinajstić information content (AvgIpc) is 2.88. The number of ether oxygens (including phenoxy) is 1. The van der Waals surface area contributed by atoms with Crippen LogP contribution in [-0.2, 0) is 11.3 Å². The number of hydrogen-bond donors (Lipinski definition) is 2. The topological polar surface area (TPSA) is 83.6 Å². The molecule has 0 bridgehead atoms. The number of hydrogen-bond acceptors (Lipinski definition) is 5. The fourth-order valence-corrected chi connectivity index (χ4v) is 4.09. The van der Waals surface area contributed by atoms with Gasteiger partial charge in [-0.15, -0.1) is 0 Å². The molecule has 1 aliphatic rings. The number of amides is 2. The lowest BCUT2D eigenvalue weighted by Gasteiger charge is -2.32. The Balaban J connectivity index is 1.32. The first kappa shape index (κ1) is 23.3. The molecule has 1 fully saturated rings. The summed E-state index contributed by atoms with van der Waals surface area (Å²) in [5.41, 5.74) is 3.45. The van der Waals surface area contributed by atoms with Gasteiger partial charge in [0.15, 0.2) is 0 Å². The number of anilines is 2. The van der Waals surface area contributed by atoms with Crippen LogP contribution in [0.5, 0.6) is 5.75 Å². The number of rotatable bonds is 7. The van der Waals surface area contributed by atoms with Gasteiger partial charge in [-0.1, -0.05) is 42.0 Å². The van der Waals surface area contributed by atoms with Crippen LogP contribution in [-0.4, -0.2) is 37.0 Å². The van der Waals surface area contributed by atoms with Crippen molar-refractivity contribution in [2.75, 3.05) is 30.4 Å². The summed E-state index contributed by atoms with van der Waals surface area (Å²) in [4.78, 5) is 32.0. The zero-order valence-electron chi connectivity index (χ0n) is 19.6. The molecule has 1 saturated heterocycles. The van der Waals surface area contributed by atoms with Crippen molar-refractivity contribution in [1.29, 1.82) is 0 Å².